The summed E-state index contributed by atoms with van der Waals surface area (Å²) in [7, 11) is 0. The summed E-state index contributed by atoms with van der Waals surface area (Å²) in [4.78, 5) is 8.47. The molecule has 5 heteroatoms. The van der Waals surface area contributed by atoms with E-state index >= 15 is 0 Å². The maximum absolute atomic E-state index is 5.73. The van der Waals surface area contributed by atoms with E-state index in [-0.39, 0.29) is 5.95 Å². The van der Waals surface area contributed by atoms with Gasteiger partial charge < -0.3 is 10.5 Å². The van der Waals surface area contributed by atoms with Gasteiger partial charge in [-0.1, -0.05) is 24.3 Å². The molecule has 2 aromatic rings. The SMILES string of the molecule is CSc1nc(N)nc2c1OCc1ccccc1-2. The van der Waals surface area contributed by atoms with Crippen LogP contribution in [0.2, 0.25) is 0 Å². The Morgan fingerprint density at radius 3 is 2.94 bits per heavy atom. The van der Waals surface area contributed by atoms with Crippen molar-refractivity contribution in [2.75, 3.05) is 12.0 Å². The number of ether oxygens (including phenoxy) is 1. The fourth-order valence-corrected chi connectivity index (χ4v) is 2.45. The molecular weight excluding hydrogens is 234 g/mol. The van der Waals surface area contributed by atoms with Crippen molar-refractivity contribution >= 4 is 17.7 Å². The lowest BCUT2D eigenvalue weighted by Crippen LogP contribution is -2.10. The zero-order valence-electron chi connectivity index (χ0n) is 9.30. The number of benzene rings is 1. The third-order valence-corrected chi connectivity index (χ3v) is 3.35. The number of thioether (sulfide) groups is 1. The fourth-order valence-electron chi connectivity index (χ4n) is 1.92. The summed E-state index contributed by atoms with van der Waals surface area (Å²) in [5, 5.41) is 0.794. The van der Waals surface area contributed by atoms with E-state index in [1.165, 1.54) is 11.8 Å². The molecule has 2 N–H and O–H groups in total. The second kappa shape index (κ2) is 3.92. The second-order valence-corrected chi connectivity index (χ2v) is 4.51. The molecule has 0 amide bonds. The molecule has 2 heterocycles. The zero-order chi connectivity index (χ0) is 11.8. The molecule has 0 aliphatic carbocycles. The highest BCUT2D eigenvalue weighted by Crippen LogP contribution is 2.40. The van der Waals surface area contributed by atoms with Crippen LogP contribution in [0.1, 0.15) is 5.56 Å². The third kappa shape index (κ3) is 1.63. The lowest BCUT2D eigenvalue weighted by Gasteiger charge is -2.21. The Labute approximate surface area is 103 Å². The van der Waals surface area contributed by atoms with Crippen molar-refractivity contribution in [3.63, 3.8) is 0 Å². The van der Waals surface area contributed by atoms with Crippen LogP contribution in [-0.2, 0) is 6.61 Å². The number of nitrogens with zero attached hydrogens (tertiary/aromatic N) is 2. The molecule has 1 aromatic heterocycles. The highest BCUT2D eigenvalue weighted by Gasteiger charge is 2.22. The molecule has 0 spiro atoms. The second-order valence-electron chi connectivity index (χ2n) is 3.71. The summed E-state index contributed by atoms with van der Waals surface area (Å²) >= 11 is 1.52. The summed E-state index contributed by atoms with van der Waals surface area (Å²) in [6.07, 6.45) is 1.95. The molecule has 0 bridgehead atoms. The number of aromatic nitrogens is 2. The molecule has 86 valence electrons. The molecule has 1 aliphatic heterocycles. The van der Waals surface area contributed by atoms with Crippen molar-refractivity contribution in [3.8, 4) is 17.0 Å². The smallest absolute Gasteiger partial charge is 0.221 e. The Kier molecular flexibility index (Phi) is 2.40. The molecule has 0 unspecified atom stereocenters. The Bertz CT molecular complexity index is 586. The number of fused-ring (bicyclic) bond motifs is 3. The third-order valence-electron chi connectivity index (χ3n) is 2.69. The van der Waals surface area contributed by atoms with Crippen molar-refractivity contribution < 1.29 is 4.74 Å². The fraction of sp³-hybridized carbons (Fsp3) is 0.167. The van der Waals surface area contributed by atoms with E-state index in [0.717, 1.165) is 27.6 Å². The molecule has 0 saturated heterocycles. The van der Waals surface area contributed by atoms with E-state index in [9.17, 15) is 0 Å². The summed E-state index contributed by atoms with van der Waals surface area (Å²) in [6.45, 7) is 0.560. The van der Waals surface area contributed by atoms with Crippen molar-refractivity contribution in [1.82, 2.24) is 9.97 Å². The first-order valence-corrected chi connectivity index (χ1v) is 6.44. The predicted octanol–water partition coefficient (Wildman–Crippen LogP) is 2.34. The van der Waals surface area contributed by atoms with E-state index in [1.807, 2.05) is 30.5 Å². The quantitative estimate of drug-likeness (QED) is 0.617. The number of rotatable bonds is 1. The van der Waals surface area contributed by atoms with E-state index in [0.29, 0.717) is 6.61 Å². The van der Waals surface area contributed by atoms with Gasteiger partial charge in [-0.3, -0.25) is 0 Å². The molecule has 1 aromatic carbocycles. The summed E-state index contributed by atoms with van der Waals surface area (Å²) in [6, 6.07) is 8.06. The number of anilines is 1. The van der Waals surface area contributed by atoms with Crippen molar-refractivity contribution in [2.24, 2.45) is 0 Å². The van der Waals surface area contributed by atoms with E-state index in [2.05, 4.69) is 9.97 Å². The van der Waals surface area contributed by atoms with Gasteiger partial charge in [-0.25, -0.2) is 9.97 Å². The van der Waals surface area contributed by atoms with Gasteiger partial charge in [0.05, 0.1) is 0 Å². The van der Waals surface area contributed by atoms with Crippen LogP contribution in [0.5, 0.6) is 5.75 Å². The highest BCUT2D eigenvalue weighted by atomic mass is 32.2. The summed E-state index contributed by atoms with van der Waals surface area (Å²) in [5.74, 6) is 1.03. The number of hydrogen-bond donors (Lipinski definition) is 1. The largest absolute Gasteiger partial charge is 0.484 e. The monoisotopic (exact) mass is 245 g/mol. The first-order chi connectivity index (χ1) is 8.29. The highest BCUT2D eigenvalue weighted by molar-refractivity contribution is 7.98. The van der Waals surface area contributed by atoms with Crippen molar-refractivity contribution in [1.29, 1.82) is 0 Å². The van der Waals surface area contributed by atoms with Crippen LogP contribution in [0.25, 0.3) is 11.3 Å². The van der Waals surface area contributed by atoms with E-state index in [1.54, 1.807) is 0 Å². The van der Waals surface area contributed by atoms with Gasteiger partial charge in [0.2, 0.25) is 5.95 Å². The first kappa shape index (κ1) is 10.4. The standard InChI is InChI=1S/C12H11N3OS/c1-17-11-10-9(14-12(13)15-11)8-5-3-2-4-7(8)6-16-10/h2-5H,6H2,1H3,(H2,13,14,15). The topological polar surface area (TPSA) is 61.0 Å². The Morgan fingerprint density at radius 1 is 1.29 bits per heavy atom. The van der Waals surface area contributed by atoms with Gasteiger partial charge in [0.25, 0.3) is 0 Å². The first-order valence-electron chi connectivity index (χ1n) is 5.22. The van der Waals surface area contributed by atoms with Gasteiger partial charge in [0, 0.05) is 5.56 Å². The Balaban J connectivity index is 2.28. The minimum atomic E-state index is 0.286. The van der Waals surface area contributed by atoms with E-state index < -0.39 is 0 Å². The van der Waals surface area contributed by atoms with Crippen LogP contribution in [0.4, 0.5) is 5.95 Å². The number of nitrogens with two attached hydrogens (primary N) is 1. The molecule has 0 radical (unpaired) electrons. The lowest BCUT2D eigenvalue weighted by atomic mass is 10.0. The molecule has 4 nitrogen and oxygen atoms in total. The van der Waals surface area contributed by atoms with Crippen molar-refractivity contribution in [2.45, 2.75) is 11.6 Å². The van der Waals surface area contributed by atoms with Crippen LogP contribution in [-0.4, -0.2) is 16.2 Å². The molecule has 0 fully saturated rings. The number of hydrogen-bond acceptors (Lipinski definition) is 5. The molecule has 3 rings (SSSR count). The molecule has 0 atom stereocenters. The maximum atomic E-state index is 5.73. The maximum Gasteiger partial charge on any atom is 0.221 e. The van der Waals surface area contributed by atoms with Crippen LogP contribution < -0.4 is 10.5 Å². The van der Waals surface area contributed by atoms with Gasteiger partial charge in [-0.15, -0.1) is 11.8 Å². The average molecular weight is 245 g/mol. The minimum absolute atomic E-state index is 0.286. The Morgan fingerprint density at radius 2 is 2.12 bits per heavy atom. The van der Waals surface area contributed by atoms with E-state index in [4.69, 9.17) is 10.5 Å². The normalized spacial score (nSPS) is 12.5. The van der Waals surface area contributed by atoms with Crippen LogP contribution in [0, 0.1) is 0 Å². The van der Waals surface area contributed by atoms with Crippen LogP contribution in [0.3, 0.4) is 0 Å². The minimum Gasteiger partial charge on any atom is -0.484 e. The summed E-state index contributed by atoms with van der Waals surface area (Å²) < 4.78 is 5.73. The Hall–Kier alpha value is -1.75. The summed E-state index contributed by atoms with van der Waals surface area (Å²) in [5.41, 5.74) is 8.73. The molecular formula is C12H11N3OS. The van der Waals surface area contributed by atoms with Gasteiger partial charge in [-0.2, -0.15) is 0 Å². The zero-order valence-corrected chi connectivity index (χ0v) is 10.1. The van der Waals surface area contributed by atoms with Gasteiger partial charge in [0.15, 0.2) is 5.75 Å². The van der Waals surface area contributed by atoms with Gasteiger partial charge in [0.1, 0.15) is 17.3 Å². The molecule has 0 saturated carbocycles. The molecule has 1 aliphatic rings. The average Bonchev–Trinajstić information content (AvgIpc) is 2.37. The van der Waals surface area contributed by atoms with Gasteiger partial charge in [-0.05, 0) is 11.8 Å². The van der Waals surface area contributed by atoms with Crippen LogP contribution in [0.15, 0.2) is 29.3 Å². The number of nitrogen functional groups attached to an aromatic ring is 1. The van der Waals surface area contributed by atoms with Crippen molar-refractivity contribution in [3.05, 3.63) is 29.8 Å². The van der Waals surface area contributed by atoms with Gasteiger partial charge >= 0.3 is 0 Å². The predicted molar refractivity (Wildman–Crippen MR) is 68.0 cm³/mol. The lowest BCUT2D eigenvalue weighted by molar-refractivity contribution is 0.291. The molecule has 17 heavy (non-hydrogen) atoms. The van der Waals surface area contributed by atoms with Crippen LogP contribution >= 0.6 is 11.8 Å².